The molecule has 35 heteroatoms. The van der Waals surface area contributed by atoms with Crippen molar-refractivity contribution < 1.29 is 19.2 Å². The number of hydrogen-bond acceptors (Lipinski definition) is 19. The number of nitrogens with two attached hydrogens (primary N) is 4. The lowest BCUT2D eigenvalue weighted by Gasteiger charge is -2.06. The summed E-state index contributed by atoms with van der Waals surface area (Å²) in [6.07, 6.45) is 25.2. The van der Waals surface area contributed by atoms with E-state index in [9.17, 15) is 19.2 Å². The summed E-state index contributed by atoms with van der Waals surface area (Å²) in [7, 11) is 16.8. The Morgan fingerprint density at radius 1 is 0.396 bits per heavy atom. The second-order valence-electron chi connectivity index (χ2n) is 25.4. The predicted octanol–water partition coefficient (Wildman–Crippen LogP) is 6.53. The Balaban J connectivity index is 0.000000125. The van der Waals surface area contributed by atoms with Gasteiger partial charge in [0.1, 0.15) is 62.6 Å². The second kappa shape index (κ2) is 28.2. The average molecular weight is 1430 g/mol. The second-order valence-corrected chi connectivity index (χ2v) is 25.4. The van der Waals surface area contributed by atoms with E-state index in [1.165, 1.54) is 0 Å². The van der Waals surface area contributed by atoms with Gasteiger partial charge in [-0.1, -0.05) is 6.92 Å². The first-order chi connectivity index (χ1) is 50.7. The standard InChI is InChI=1S/3C18H20N8O.C17H17N7O/c1-5-26-8-12(10(2)23-26)14-9-24(3)18(22-14)16-11-7-20-25(4)15(11)6-13(21-16)17(19)27;1-5-26-16(10(2)7-21-26)13-9-24(3)18(23-13)15-11-8-20-25(4)14(11)6-12(22-15)17(19)27;1-4-5-26-9-11(7-21-26)14-10-24(2)18(23-14)16-12-8-20-25(3)15(12)6-13(22-16)17(19)27;1-22-6-4-10-14(22)8-12(16(18)25)19-15(10)17-20-13(9-23(17)2)11-5-7-24(3)21-11/h2*6-9H,5H2,1-4H3,(H2,19,27);6-10H,4-5H2,1-3H3,(H2,19,27);4-9H,1-3H3,(H2,18,25). The molecule has 4 amide bonds. The number of rotatable bonds is 16. The molecule has 540 valence electrons. The number of carbonyl (C=O) groups is 4. The van der Waals surface area contributed by atoms with E-state index in [-0.39, 0.29) is 22.8 Å². The van der Waals surface area contributed by atoms with Gasteiger partial charge in [-0.05, 0) is 76.1 Å². The summed E-state index contributed by atoms with van der Waals surface area (Å²) in [6.45, 7) is 12.6. The van der Waals surface area contributed by atoms with E-state index in [1.807, 2.05) is 196 Å². The minimum atomic E-state index is -0.589. The Morgan fingerprint density at radius 3 is 1.29 bits per heavy atom. The summed E-state index contributed by atoms with van der Waals surface area (Å²) in [4.78, 5) is 83.8. The van der Waals surface area contributed by atoms with Gasteiger partial charge in [-0.25, -0.2) is 39.9 Å². The largest absolute Gasteiger partial charge is 0.364 e. The highest BCUT2D eigenvalue weighted by atomic mass is 16.2. The number of carbonyl (C=O) groups excluding carboxylic acids is 4. The molecule has 16 heterocycles. The normalized spacial score (nSPS) is 11.4. The summed E-state index contributed by atoms with van der Waals surface area (Å²) < 4.78 is 21.9. The fraction of sp³-hybridized carbons (Fsp3) is 0.254. The lowest BCUT2D eigenvalue weighted by Crippen LogP contribution is -2.14. The van der Waals surface area contributed by atoms with Crippen molar-refractivity contribution in [3.63, 3.8) is 0 Å². The van der Waals surface area contributed by atoms with E-state index in [4.69, 9.17) is 37.9 Å². The van der Waals surface area contributed by atoms with Crippen LogP contribution in [0.2, 0.25) is 0 Å². The number of imidazole rings is 4. The topological polar surface area (TPSA) is 425 Å². The zero-order chi connectivity index (χ0) is 75.4. The number of fused-ring (bicyclic) bond motifs is 4. The molecule has 0 bridgehead atoms. The maximum absolute atomic E-state index is 11.8. The van der Waals surface area contributed by atoms with Gasteiger partial charge >= 0.3 is 0 Å². The molecule has 0 aliphatic rings. The fourth-order valence-electron chi connectivity index (χ4n) is 12.5. The van der Waals surface area contributed by atoms with Crippen LogP contribution < -0.4 is 22.9 Å². The van der Waals surface area contributed by atoms with Gasteiger partial charge in [-0.3, -0.25) is 52.0 Å². The van der Waals surface area contributed by atoms with Crippen LogP contribution in [0.25, 0.3) is 135 Å². The third-order valence-electron chi connectivity index (χ3n) is 17.9. The third kappa shape index (κ3) is 13.3. The van der Waals surface area contributed by atoms with Crippen LogP contribution in [0.3, 0.4) is 0 Å². The van der Waals surface area contributed by atoms with Crippen LogP contribution in [-0.4, -0.2) is 155 Å². The van der Waals surface area contributed by atoms with Crippen LogP contribution in [-0.2, 0) is 83.1 Å². The summed E-state index contributed by atoms with van der Waals surface area (Å²) >= 11 is 0. The van der Waals surface area contributed by atoms with E-state index in [2.05, 4.69) is 67.5 Å². The van der Waals surface area contributed by atoms with Crippen molar-refractivity contribution in [3.8, 4) is 91.4 Å². The van der Waals surface area contributed by atoms with E-state index in [1.54, 1.807) is 67.8 Å². The van der Waals surface area contributed by atoms with Gasteiger partial charge in [-0.2, -0.15) is 35.7 Å². The van der Waals surface area contributed by atoms with Crippen LogP contribution >= 0.6 is 0 Å². The van der Waals surface area contributed by atoms with Crippen LogP contribution in [0.5, 0.6) is 0 Å². The smallest absolute Gasteiger partial charge is 0.267 e. The first-order valence-electron chi connectivity index (χ1n) is 33.6. The van der Waals surface area contributed by atoms with Crippen LogP contribution in [0.4, 0.5) is 0 Å². The molecular formula is C71H77N31O4. The van der Waals surface area contributed by atoms with E-state index >= 15 is 0 Å². The third-order valence-corrected chi connectivity index (χ3v) is 17.9. The van der Waals surface area contributed by atoms with Crippen LogP contribution in [0.15, 0.2) is 117 Å². The van der Waals surface area contributed by atoms with Gasteiger partial charge in [-0.15, -0.1) is 0 Å². The number of hydrogen-bond donors (Lipinski definition) is 4. The highest BCUT2D eigenvalue weighted by Gasteiger charge is 2.26. The Kier molecular flexibility index (Phi) is 18.7. The molecule has 16 aromatic heterocycles. The minimum absolute atomic E-state index is 0.181. The first-order valence-corrected chi connectivity index (χ1v) is 33.6. The zero-order valence-corrected chi connectivity index (χ0v) is 60.8. The van der Waals surface area contributed by atoms with Crippen LogP contribution in [0, 0.1) is 13.8 Å². The van der Waals surface area contributed by atoms with E-state index in [0.29, 0.717) is 46.1 Å². The lowest BCUT2D eigenvalue weighted by atomic mass is 10.2. The minimum Gasteiger partial charge on any atom is -0.364 e. The Bertz CT molecular complexity index is 6090. The van der Waals surface area contributed by atoms with Gasteiger partial charge in [0.05, 0.1) is 75.8 Å². The summed E-state index contributed by atoms with van der Waals surface area (Å²) in [5.41, 5.74) is 36.9. The Hall–Kier alpha value is -13.9. The van der Waals surface area contributed by atoms with Gasteiger partial charge in [0.15, 0.2) is 23.3 Å². The molecule has 0 aliphatic heterocycles. The molecule has 0 spiro atoms. The van der Waals surface area contributed by atoms with E-state index < -0.39 is 23.6 Å². The Labute approximate surface area is 604 Å². The molecule has 16 rings (SSSR count). The van der Waals surface area contributed by atoms with Gasteiger partial charge in [0, 0.05) is 165 Å². The summed E-state index contributed by atoms with van der Waals surface area (Å²) in [5.74, 6) is 0.221. The van der Waals surface area contributed by atoms with E-state index in [0.717, 1.165) is 126 Å². The SMILES string of the molecule is CCCn1cc(-c2cn(C)c(-c3nc(C(N)=O)cc4c3cnn4C)n2)cn1.CCn1cc(-c2cn(C)c(-c3nc(C(N)=O)cc4c3cnn4C)n2)c(C)n1.CCn1ncc(C)c1-c1cn(C)c(-c2nc(C(N)=O)cc3c2cnn3C)n1.Cn1ccc(-c2cn(C)c(-c3nc(C(N)=O)cc4c3ccn4C)n2)n1. The fourth-order valence-corrected chi connectivity index (χ4v) is 12.5. The summed E-state index contributed by atoms with van der Waals surface area (Å²) in [6, 6.07) is 10.5. The zero-order valence-electron chi connectivity index (χ0n) is 60.8. The number of nitrogens with zero attached hydrogens (tertiary/aromatic N) is 27. The Morgan fingerprint density at radius 2 is 0.840 bits per heavy atom. The molecule has 0 radical (unpaired) electrons. The predicted molar refractivity (Wildman–Crippen MR) is 396 cm³/mol. The number of primary amides is 4. The van der Waals surface area contributed by atoms with Crippen LogP contribution in [0.1, 0.15) is 80.4 Å². The van der Waals surface area contributed by atoms with Crippen molar-refractivity contribution in [2.75, 3.05) is 0 Å². The maximum Gasteiger partial charge on any atom is 0.267 e. The van der Waals surface area contributed by atoms with Crippen molar-refractivity contribution in [2.24, 2.45) is 86.4 Å². The molecule has 16 aromatic rings. The highest BCUT2D eigenvalue weighted by Crippen LogP contribution is 2.35. The molecule has 8 N–H and O–H groups in total. The molecule has 0 aromatic carbocycles. The van der Waals surface area contributed by atoms with Crippen molar-refractivity contribution in [3.05, 3.63) is 151 Å². The molecule has 0 fully saturated rings. The molecule has 0 saturated carbocycles. The number of pyridine rings is 4. The van der Waals surface area contributed by atoms with Gasteiger partial charge in [0.25, 0.3) is 23.6 Å². The number of aryl methyl sites for hydroxylation is 14. The van der Waals surface area contributed by atoms with Gasteiger partial charge < -0.3 is 45.8 Å². The van der Waals surface area contributed by atoms with Crippen molar-refractivity contribution >= 4 is 67.2 Å². The number of aromatic nitrogens is 27. The highest BCUT2D eigenvalue weighted by molar-refractivity contribution is 6.02. The molecule has 35 nitrogen and oxygen atoms in total. The molecule has 0 unspecified atom stereocenters. The summed E-state index contributed by atoms with van der Waals surface area (Å²) in [5, 5.41) is 33.8. The van der Waals surface area contributed by atoms with Crippen molar-refractivity contribution in [1.82, 2.24) is 131 Å². The quantitative estimate of drug-likeness (QED) is 0.0798. The van der Waals surface area contributed by atoms with Gasteiger partial charge in [0.2, 0.25) is 0 Å². The maximum atomic E-state index is 11.8. The molecule has 0 aliphatic carbocycles. The molecule has 0 saturated heterocycles. The van der Waals surface area contributed by atoms with Crippen molar-refractivity contribution in [1.29, 1.82) is 0 Å². The average Bonchev–Trinajstić information content (AvgIpc) is 1.61. The monoisotopic (exact) mass is 1430 g/mol. The molecular weight excluding hydrogens is 1350 g/mol. The number of amides is 4. The molecule has 106 heavy (non-hydrogen) atoms. The first kappa shape index (κ1) is 70.5. The lowest BCUT2D eigenvalue weighted by molar-refractivity contribution is 0.0987. The van der Waals surface area contributed by atoms with Crippen molar-refractivity contribution in [2.45, 2.75) is 60.7 Å². The molecule has 0 atom stereocenters.